The van der Waals surface area contributed by atoms with E-state index in [2.05, 4.69) is 4.74 Å². The lowest BCUT2D eigenvalue weighted by Crippen LogP contribution is -2.28. The summed E-state index contributed by atoms with van der Waals surface area (Å²) in [5.41, 5.74) is 2.52. The number of fused-ring (bicyclic) bond motifs is 1. The molecule has 2 aromatic carbocycles. The highest BCUT2D eigenvalue weighted by atomic mass is 19.4. The first-order chi connectivity index (χ1) is 11.7. The second-order valence-corrected chi connectivity index (χ2v) is 5.36. The molecule has 0 spiro atoms. The summed E-state index contributed by atoms with van der Waals surface area (Å²) in [5, 5.41) is 0.946. The van der Waals surface area contributed by atoms with Crippen LogP contribution in [0.4, 0.5) is 18.9 Å². The number of hydrogen-bond donors (Lipinski definition) is 0. The van der Waals surface area contributed by atoms with Gasteiger partial charge in [0.15, 0.2) is 0 Å². The minimum atomic E-state index is -4.74. The maximum atomic E-state index is 12.2. The van der Waals surface area contributed by atoms with Gasteiger partial charge in [-0.2, -0.15) is 0 Å². The minimum Gasteiger partial charge on any atom is -0.406 e. The number of hydroxylamine groups is 1. The third-order valence-corrected chi connectivity index (χ3v) is 3.51. The minimum absolute atomic E-state index is 0.0751. The number of alkyl halides is 3. The van der Waals surface area contributed by atoms with E-state index >= 15 is 0 Å². The van der Waals surface area contributed by atoms with Gasteiger partial charge in [-0.1, -0.05) is 18.2 Å². The zero-order valence-electron chi connectivity index (χ0n) is 13.0. The van der Waals surface area contributed by atoms with Crippen molar-refractivity contribution in [1.29, 1.82) is 0 Å². The summed E-state index contributed by atoms with van der Waals surface area (Å²) in [6.45, 7) is 1.20. The van der Waals surface area contributed by atoms with E-state index < -0.39 is 12.3 Å². The fourth-order valence-corrected chi connectivity index (χ4v) is 2.55. The Labute approximate surface area is 140 Å². The molecule has 8 heteroatoms. The number of nitrogens with zero attached hydrogens (tertiary/aromatic N) is 1. The highest BCUT2D eigenvalue weighted by molar-refractivity contribution is 6.01. The van der Waals surface area contributed by atoms with Crippen molar-refractivity contribution in [3.05, 3.63) is 48.0 Å². The number of hydrogen-bond acceptors (Lipinski definition) is 4. The molecule has 0 radical (unpaired) electrons. The van der Waals surface area contributed by atoms with Crippen LogP contribution in [0.1, 0.15) is 12.5 Å². The molecule has 1 aliphatic heterocycles. The average molecular weight is 351 g/mol. The SMILES string of the molecule is CC(=O)ON1C(=O)Cc2cc(-c3ccc(OC(F)(F)F)cc3)ccc21. The Morgan fingerprint density at radius 1 is 1.08 bits per heavy atom. The maximum Gasteiger partial charge on any atom is 0.573 e. The molecule has 0 bridgehead atoms. The maximum absolute atomic E-state index is 12.2. The molecule has 2 aromatic rings. The van der Waals surface area contributed by atoms with E-state index in [0.29, 0.717) is 16.8 Å². The first-order valence-electron chi connectivity index (χ1n) is 7.23. The van der Waals surface area contributed by atoms with Crippen molar-refractivity contribution in [2.24, 2.45) is 0 Å². The molecule has 1 amide bonds. The smallest absolute Gasteiger partial charge is 0.406 e. The summed E-state index contributed by atoms with van der Waals surface area (Å²) >= 11 is 0. The highest BCUT2D eigenvalue weighted by Crippen LogP contribution is 2.34. The predicted octanol–water partition coefficient (Wildman–Crippen LogP) is 3.62. The molecule has 5 nitrogen and oxygen atoms in total. The largest absolute Gasteiger partial charge is 0.573 e. The van der Waals surface area contributed by atoms with Crippen LogP contribution in [-0.4, -0.2) is 18.2 Å². The van der Waals surface area contributed by atoms with Crippen LogP contribution >= 0.6 is 0 Å². The number of benzene rings is 2. The monoisotopic (exact) mass is 351 g/mol. The number of ether oxygens (including phenoxy) is 1. The van der Waals surface area contributed by atoms with Gasteiger partial charge in [-0.25, -0.2) is 4.79 Å². The third-order valence-electron chi connectivity index (χ3n) is 3.51. The first-order valence-corrected chi connectivity index (χ1v) is 7.23. The molecule has 1 heterocycles. The molecule has 0 fully saturated rings. The Morgan fingerprint density at radius 3 is 2.32 bits per heavy atom. The first kappa shape index (κ1) is 16.8. The Balaban J connectivity index is 1.85. The lowest BCUT2D eigenvalue weighted by Gasteiger charge is -2.15. The van der Waals surface area contributed by atoms with Crippen LogP contribution < -0.4 is 9.80 Å². The molecule has 0 N–H and O–H groups in total. The van der Waals surface area contributed by atoms with Gasteiger partial charge in [-0.15, -0.1) is 18.2 Å². The summed E-state index contributed by atoms with van der Waals surface area (Å²) in [5.74, 6) is -1.28. The van der Waals surface area contributed by atoms with Crippen LogP contribution in [0.3, 0.4) is 0 Å². The van der Waals surface area contributed by atoms with Gasteiger partial charge in [-0.3, -0.25) is 4.79 Å². The fourth-order valence-electron chi connectivity index (χ4n) is 2.55. The van der Waals surface area contributed by atoms with Crippen molar-refractivity contribution in [2.75, 3.05) is 5.06 Å². The van der Waals surface area contributed by atoms with E-state index in [9.17, 15) is 22.8 Å². The molecule has 0 aromatic heterocycles. The van der Waals surface area contributed by atoms with Crippen LogP contribution in [0, 0.1) is 0 Å². The molecular weight excluding hydrogens is 339 g/mol. The van der Waals surface area contributed by atoms with Gasteiger partial charge in [0.05, 0.1) is 12.1 Å². The van der Waals surface area contributed by atoms with Crippen LogP contribution in [0.15, 0.2) is 42.5 Å². The van der Waals surface area contributed by atoms with Gasteiger partial charge >= 0.3 is 12.3 Å². The normalized spacial score (nSPS) is 13.6. The number of halogens is 3. The quantitative estimate of drug-likeness (QED) is 0.848. The molecular formula is C17H12F3NO4. The van der Waals surface area contributed by atoms with Gasteiger partial charge < -0.3 is 9.57 Å². The second-order valence-electron chi connectivity index (χ2n) is 5.36. The van der Waals surface area contributed by atoms with Crippen LogP contribution in [-0.2, 0) is 20.8 Å². The summed E-state index contributed by atoms with van der Waals surface area (Å²) in [6, 6.07) is 10.5. The molecule has 0 saturated carbocycles. The average Bonchev–Trinajstić information content (AvgIpc) is 2.81. The fraction of sp³-hybridized carbons (Fsp3) is 0.176. The topological polar surface area (TPSA) is 55.8 Å². The Hall–Kier alpha value is -3.03. The van der Waals surface area contributed by atoms with Gasteiger partial charge in [0.25, 0.3) is 5.91 Å². The van der Waals surface area contributed by atoms with Crippen molar-refractivity contribution in [1.82, 2.24) is 0 Å². The molecule has 130 valence electrons. The molecule has 25 heavy (non-hydrogen) atoms. The summed E-state index contributed by atoms with van der Waals surface area (Å²) in [7, 11) is 0. The lowest BCUT2D eigenvalue weighted by molar-refractivity contribution is -0.274. The van der Waals surface area contributed by atoms with E-state index in [0.717, 1.165) is 10.6 Å². The summed E-state index contributed by atoms with van der Waals surface area (Å²) in [6.07, 6.45) is -4.67. The molecule has 0 aliphatic carbocycles. The predicted molar refractivity (Wildman–Crippen MR) is 81.5 cm³/mol. The van der Waals surface area contributed by atoms with Gasteiger partial charge in [-0.05, 0) is 41.0 Å². The zero-order chi connectivity index (χ0) is 18.2. The number of carbonyl (C=O) groups is 2. The van der Waals surface area contributed by atoms with Crippen LogP contribution in [0.25, 0.3) is 11.1 Å². The molecule has 0 saturated heterocycles. The zero-order valence-corrected chi connectivity index (χ0v) is 13.0. The molecule has 1 aliphatic rings. The van der Waals surface area contributed by atoms with E-state index in [-0.39, 0.29) is 18.1 Å². The van der Waals surface area contributed by atoms with Gasteiger partial charge in [0.2, 0.25) is 0 Å². The van der Waals surface area contributed by atoms with Crippen molar-refractivity contribution >= 4 is 17.6 Å². The standard InChI is InChI=1S/C17H12F3NO4/c1-10(22)25-21-15-7-4-12(8-13(15)9-16(21)23)11-2-5-14(6-3-11)24-17(18,19)20/h2-8H,9H2,1H3. The van der Waals surface area contributed by atoms with Crippen LogP contribution in [0.5, 0.6) is 5.75 Å². The van der Waals surface area contributed by atoms with E-state index in [1.54, 1.807) is 18.2 Å². The lowest BCUT2D eigenvalue weighted by atomic mass is 10.0. The number of rotatable bonds is 3. The number of amides is 1. The highest BCUT2D eigenvalue weighted by Gasteiger charge is 2.31. The van der Waals surface area contributed by atoms with E-state index in [1.165, 1.54) is 31.2 Å². The van der Waals surface area contributed by atoms with E-state index in [1.807, 2.05) is 0 Å². The van der Waals surface area contributed by atoms with Crippen LogP contribution in [0.2, 0.25) is 0 Å². The Morgan fingerprint density at radius 2 is 1.72 bits per heavy atom. The molecule has 3 rings (SSSR count). The van der Waals surface area contributed by atoms with Crippen molar-refractivity contribution in [3.63, 3.8) is 0 Å². The Kier molecular flexibility index (Phi) is 4.12. The number of carbonyl (C=O) groups excluding carboxylic acids is 2. The second kappa shape index (κ2) is 6.12. The van der Waals surface area contributed by atoms with Crippen molar-refractivity contribution in [3.8, 4) is 16.9 Å². The van der Waals surface area contributed by atoms with Gasteiger partial charge in [0.1, 0.15) is 5.75 Å². The summed E-state index contributed by atoms with van der Waals surface area (Å²) in [4.78, 5) is 27.9. The summed E-state index contributed by atoms with van der Waals surface area (Å²) < 4.78 is 40.4. The molecule has 0 unspecified atom stereocenters. The third kappa shape index (κ3) is 3.73. The number of anilines is 1. The van der Waals surface area contributed by atoms with Crippen molar-refractivity contribution in [2.45, 2.75) is 19.7 Å². The van der Waals surface area contributed by atoms with Crippen molar-refractivity contribution < 1.29 is 32.3 Å². The van der Waals surface area contributed by atoms with E-state index in [4.69, 9.17) is 4.84 Å². The molecule has 0 atom stereocenters. The van der Waals surface area contributed by atoms with Gasteiger partial charge in [0, 0.05) is 6.92 Å². The Bertz CT molecular complexity index is 831.